The standard InChI is InChI=1S/C28H37N7O/c1-27(2,3)34-13-11-33(12-14-34)22-8-7-21(29-18-22)16-24-30-17-20-15-23-26(36)31-19-28(9-5-4-6-10-28)35(23)25(20)32-24/h7-8,15,17-18H,4-6,9-14,16,19H2,1-3H3,(H,31,36). The number of carbonyl (C=O) groups excluding carboxylic acids is 1. The molecule has 0 radical (unpaired) electrons. The molecule has 190 valence electrons. The molecular formula is C28H37N7O. The zero-order valence-electron chi connectivity index (χ0n) is 21.8. The molecule has 1 N–H and O–H groups in total. The lowest BCUT2D eigenvalue weighted by Crippen LogP contribution is -2.53. The van der Waals surface area contributed by atoms with Crippen LogP contribution >= 0.6 is 0 Å². The molecule has 3 aromatic heterocycles. The van der Waals surface area contributed by atoms with Gasteiger partial charge in [0.2, 0.25) is 0 Å². The Hall–Kier alpha value is -3.00. The lowest BCUT2D eigenvalue weighted by atomic mass is 9.80. The minimum Gasteiger partial charge on any atom is -0.368 e. The summed E-state index contributed by atoms with van der Waals surface area (Å²) in [7, 11) is 0. The van der Waals surface area contributed by atoms with Crippen molar-refractivity contribution < 1.29 is 4.79 Å². The molecule has 1 amide bonds. The molecule has 0 atom stereocenters. The van der Waals surface area contributed by atoms with Crippen LogP contribution in [0.2, 0.25) is 0 Å². The molecule has 0 bridgehead atoms. The zero-order valence-corrected chi connectivity index (χ0v) is 21.8. The number of piperazine rings is 1. The van der Waals surface area contributed by atoms with Gasteiger partial charge >= 0.3 is 0 Å². The number of nitrogens with one attached hydrogen (secondary N) is 1. The highest BCUT2D eigenvalue weighted by molar-refractivity contribution is 5.99. The quantitative estimate of drug-likeness (QED) is 0.606. The van der Waals surface area contributed by atoms with Gasteiger partial charge in [0.25, 0.3) is 5.91 Å². The summed E-state index contributed by atoms with van der Waals surface area (Å²) in [6.45, 7) is 11.7. The number of rotatable bonds is 3. The number of fused-ring (bicyclic) bond motifs is 4. The molecule has 0 unspecified atom stereocenters. The Morgan fingerprint density at radius 1 is 1.00 bits per heavy atom. The molecule has 1 aliphatic carbocycles. The van der Waals surface area contributed by atoms with Crippen molar-refractivity contribution in [1.82, 2.24) is 29.7 Å². The highest BCUT2D eigenvalue weighted by Gasteiger charge is 2.41. The van der Waals surface area contributed by atoms with Crippen molar-refractivity contribution in [2.75, 3.05) is 37.6 Å². The first-order valence-electron chi connectivity index (χ1n) is 13.4. The third kappa shape index (κ3) is 4.15. The van der Waals surface area contributed by atoms with Gasteiger partial charge in [-0.2, -0.15) is 0 Å². The van der Waals surface area contributed by atoms with E-state index in [4.69, 9.17) is 9.97 Å². The molecule has 1 saturated heterocycles. The average Bonchev–Trinajstić information content (AvgIpc) is 3.28. The van der Waals surface area contributed by atoms with E-state index in [1.165, 1.54) is 24.9 Å². The van der Waals surface area contributed by atoms with Gasteiger partial charge in [-0.1, -0.05) is 19.3 Å². The van der Waals surface area contributed by atoms with Crippen molar-refractivity contribution in [2.24, 2.45) is 0 Å². The van der Waals surface area contributed by atoms with Gasteiger partial charge in [0.1, 0.15) is 17.2 Å². The first-order chi connectivity index (χ1) is 17.3. The molecule has 2 fully saturated rings. The number of anilines is 1. The van der Waals surface area contributed by atoms with Gasteiger partial charge in [-0.05, 0) is 51.8 Å². The molecular weight excluding hydrogens is 450 g/mol. The summed E-state index contributed by atoms with van der Waals surface area (Å²) < 4.78 is 2.24. The van der Waals surface area contributed by atoms with Crippen molar-refractivity contribution in [1.29, 1.82) is 0 Å². The van der Waals surface area contributed by atoms with Crippen LogP contribution in [0.3, 0.4) is 0 Å². The normalized spacial score (nSPS) is 20.5. The molecule has 0 aromatic carbocycles. The third-order valence-corrected chi connectivity index (χ3v) is 8.40. The molecule has 6 rings (SSSR count). The molecule has 3 aromatic rings. The van der Waals surface area contributed by atoms with Crippen LogP contribution in [-0.4, -0.2) is 68.6 Å². The van der Waals surface area contributed by atoms with Crippen LogP contribution < -0.4 is 10.2 Å². The fourth-order valence-corrected chi connectivity index (χ4v) is 6.29. The van der Waals surface area contributed by atoms with E-state index in [9.17, 15) is 4.79 Å². The Kier molecular flexibility index (Phi) is 5.74. The van der Waals surface area contributed by atoms with Crippen molar-refractivity contribution in [3.8, 4) is 0 Å². The van der Waals surface area contributed by atoms with Crippen LogP contribution in [0.5, 0.6) is 0 Å². The van der Waals surface area contributed by atoms with Crippen LogP contribution in [0, 0.1) is 0 Å². The van der Waals surface area contributed by atoms with Crippen LogP contribution in [0.4, 0.5) is 5.69 Å². The number of hydrogen-bond donors (Lipinski definition) is 1. The number of nitrogens with zero attached hydrogens (tertiary/aromatic N) is 6. The van der Waals surface area contributed by atoms with Gasteiger partial charge in [0, 0.05) is 55.5 Å². The van der Waals surface area contributed by atoms with Gasteiger partial charge in [-0.15, -0.1) is 0 Å². The Morgan fingerprint density at radius 2 is 1.78 bits per heavy atom. The Balaban J connectivity index is 1.22. The third-order valence-electron chi connectivity index (χ3n) is 8.40. The van der Waals surface area contributed by atoms with Crippen LogP contribution in [0.25, 0.3) is 11.0 Å². The van der Waals surface area contributed by atoms with E-state index in [1.807, 2.05) is 18.5 Å². The van der Waals surface area contributed by atoms with E-state index < -0.39 is 0 Å². The summed E-state index contributed by atoms with van der Waals surface area (Å²) in [5.74, 6) is 0.741. The summed E-state index contributed by atoms with van der Waals surface area (Å²) in [5, 5.41) is 4.07. The van der Waals surface area contributed by atoms with Crippen molar-refractivity contribution in [2.45, 2.75) is 70.4 Å². The molecule has 8 heteroatoms. The number of amides is 1. The van der Waals surface area contributed by atoms with Gasteiger partial charge in [0.05, 0.1) is 23.8 Å². The largest absolute Gasteiger partial charge is 0.368 e. The number of pyridine rings is 1. The maximum Gasteiger partial charge on any atom is 0.268 e. The predicted octanol–water partition coefficient (Wildman–Crippen LogP) is 3.74. The molecule has 3 aliphatic rings. The van der Waals surface area contributed by atoms with E-state index in [-0.39, 0.29) is 17.0 Å². The first-order valence-corrected chi connectivity index (χ1v) is 13.4. The van der Waals surface area contributed by atoms with Crippen LogP contribution in [0.1, 0.15) is 74.9 Å². The summed E-state index contributed by atoms with van der Waals surface area (Å²) >= 11 is 0. The Bertz CT molecular complexity index is 1260. The summed E-state index contributed by atoms with van der Waals surface area (Å²) in [4.78, 5) is 32.0. The molecule has 8 nitrogen and oxygen atoms in total. The number of carbonyl (C=O) groups is 1. The Labute approximate surface area is 213 Å². The minimum absolute atomic E-state index is 0.00802. The highest BCUT2D eigenvalue weighted by atomic mass is 16.2. The SMILES string of the molecule is CC(C)(C)N1CCN(c2ccc(Cc3ncc4cc5n(c4n3)C3(CCCCC3)CNC5=O)nc2)CC1. The highest BCUT2D eigenvalue weighted by Crippen LogP contribution is 2.40. The summed E-state index contributed by atoms with van der Waals surface area (Å²) in [5.41, 5.74) is 3.90. The van der Waals surface area contributed by atoms with E-state index in [2.05, 4.69) is 57.6 Å². The Morgan fingerprint density at radius 3 is 2.47 bits per heavy atom. The molecule has 2 aliphatic heterocycles. The minimum atomic E-state index is -0.0637. The van der Waals surface area contributed by atoms with Gasteiger partial charge in [-0.3, -0.25) is 14.7 Å². The van der Waals surface area contributed by atoms with E-state index in [0.29, 0.717) is 13.0 Å². The summed E-state index contributed by atoms with van der Waals surface area (Å²) in [6, 6.07) is 6.23. The smallest absolute Gasteiger partial charge is 0.268 e. The summed E-state index contributed by atoms with van der Waals surface area (Å²) in [6.07, 6.45) is 10.2. The van der Waals surface area contributed by atoms with E-state index in [0.717, 1.165) is 67.3 Å². The number of hydrogen-bond acceptors (Lipinski definition) is 6. The zero-order chi connectivity index (χ0) is 24.9. The molecule has 1 spiro atoms. The molecule has 1 saturated carbocycles. The van der Waals surface area contributed by atoms with Crippen LogP contribution in [0.15, 0.2) is 30.6 Å². The van der Waals surface area contributed by atoms with Gasteiger partial charge in [-0.25, -0.2) is 9.97 Å². The van der Waals surface area contributed by atoms with Crippen molar-refractivity contribution in [3.05, 3.63) is 47.8 Å². The first kappa shape index (κ1) is 23.4. The van der Waals surface area contributed by atoms with Crippen molar-refractivity contribution >= 4 is 22.6 Å². The second kappa shape index (κ2) is 8.83. The average molecular weight is 488 g/mol. The van der Waals surface area contributed by atoms with Gasteiger partial charge in [0.15, 0.2) is 0 Å². The lowest BCUT2D eigenvalue weighted by molar-refractivity contribution is 0.0833. The topological polar surface area (TPSA) is 79.2 Å². The maximum atomic E-state index is 12.7. The van der Waals surface area contributed by atoms with Gasteiger partial charge < -0.3 is 14.8 Å². The van der Waals surface area contributed by atoms with Crippen LogP contribution in [-0.2, 0) is 12.0 Å². The second-order valence-electron chi connectivity index (χ2n) is 11.7. The molecule has 5 heterocycles. The fourth-order valence-electron chi connectivity index (χ4n) is 6.29. The fraction of sp³-hybridized carbons (Fsp3) is 0.571. The second-order valence-corrected chi connectivity index (χ2v) is 11.7. The predicted molar refractivity (Wildman–Crippen MR) is 142 cm³/mol. The maximum absolute atomic E-state index is 12.7. The van der Waals surface area contributed by atoms with E-state index >= 15 is 0 Å². The lowest BCUT2D eigenvalue weighted by Gasteiger charge is -2.43. The monoisotopic (exact) mass is 487 g/mol. The van der Waals surface area contributed by atoms with Crippen molar-refractivity contribution in [3.63, 3.8) is 0 Å². The number of aromatic nitrogens is 4. The van der Waals surface area contributed by atoms with E-state index in [1.54, 1.807) is 0 Å². The molecule has 36 heavy (non-hydrogen) atoms.